The first-order valence-corrected chi connectivity index (χ1v) is 10.1. The Hall–Kier alpha value is -2.84. The van der Waals surface area contributed by atoms with Crippen molar-refractivity contribution in [2.24, 2.45) is 5.41 Å². The maximum absolute atomic E-state index is 13.5. The summed E-state index contributed by atoms with van der Waals surface area (Å²) in [6.07, 6.45) is 3.44. The second-order valence-corrected chi connectivity index (χ2v) is 8.41. The normalized spacial score (nSPS) is 15.4. The highest BCUT2D eigenvalue weighted by molar-refractivity contribution is 5.64. The van der Waals surface area contributed by atoms with Crippen molar-refractivity contribution in [3.63, 3.8) is 0 Å². The maximum Gasteiger partial charge on any atom is 0.220 e. The molecule has 0 spiro atoms. The van der Waals surface area contributed by atoms with Crippen LogP contribution in [-0.2, 0) is 11.3 Å². The molecule has 0 bridgehead atoms. The van der Waals surface area contributed by atoms with Crippen LogP contribution in [0.25, 0.3) is 22.8 Å². The van der Waals surface area contributed by atoms with Gasteiger partial charge in [0, 0.05) is 37.9 Å². The summed E-state index contributed by atoms with van der Waals surface area (Å²) in [5.74, 6) is 0.724. The third-order valence-electron chi connectivity index (χ3n) is 5.24. The molecule has 0 atom stereocenters. The Morgan fingerprint density at radius 2 is 1.80 bits per heavy atom. The van der Waals surface area contributed by atoms with Gasteiger partial charge >= 0.3 is 0 Å². The minimum absolute atomic E-state index is 0.0415. The van der Waals surface area contributed by atoms with E-state index in [1.54, 1.807) is 24.5 Å². The van der Waals surface area contributed by atoms with E-state index in [9.17, 15) is 4.39 Å². The molecule has 0 amide bonds. The van der Waals surface area contributed by atoms with Crippen LogP contribution in [0.3, 0.4) is 0 Å². The van der Waals surface area contributed by atoms with Gasteiger partial charge in [0.15, 0.2) is 0 Å². The van der Waals surface area contributed by atoms with Gasteiger partial charge in [-0.1, -0.05) is 13.8 Å². The van der Waals surface area contributed by atoms with Crippen molar-refractivity contribution >= 4 is 5.95 Å². The van der Waals surface area contributed by atoms with Gasteiger partial charge in [0.2, 0.25) is 5.95 Å². The molecule has 0 saturated carbocycles. The summed E-state index contributed by atoms with van der Waals surface area (Å²) in [6, 6.07) is 8.24. The summed E-state index contributed by atoms with van der Waals surface area (Å²) in [5.41, 5.74) is 8.20. The van der Waals surface area contributed by atoms with Crippen molar-refractivity contribution in [1.29, 1.82) is 0 Å². The molecule has 3 heterocycles. The molecule has 3 aromatic rings. The van der Waals surface area contributed by atoms with Crippen molar-refractivity contribution in [2.75, 3.05) is 38.6 Å². The van der Waals surface area contributed by atoms with Gasteiger partial charge in [-0.05, 0) is 35.7 Å². The molecule has 1 aromatic carbocycles. The number of nitrogens with zero attached hydrogens (tertiary/aromatic N) is 5. The van der Waals surface area contributed by atoms with Gasteiger partial charge in [-0.3, -0.25) is 4.90 Å². The Morgan fingerprint density at radius 3 is 2.50 bits per heavy atom. The van der Waals surface area contributed by atoms with Gasteiger partial charge in [-0.15, -0.1) is 0 Å². The number of hydrogen-bond acceptors (Lipinski definition) is 6. The lowest BCUT2D eigenvalue weighted by Crippen LogP contribution is -2.43. The second kappa shape index (κ2) is 8.49. The van der Waals surface area contributed by atoms with Crippen LogP contribution in [0.2, 0.25) is 0 Å². The van der Waals surface area contributed by atoms with Gasteiger partial charge in [-0.2, -0.15) is 0 Å². The average Bonchev–Trinajstić information content (AvgIpc) is 3.11. The molecule has 1 saturated heterocycles. The number of imidazole rings is 1. The van der Waals surface area contributed by atoms with E-state index in [2.05, 4.69) is 38.3 Å². The number of aromatic nitrogens is 4. The molecular weight excluding hydrogens is 383 g/mol. The van der Waals surface area contributed by atoms with Crippen LogP contribution in [0, 0.1) is 11.2 Å². The fraction of sp³-hybridized carbons (Fsp3) is 0.409. The van der Waals surface area contributed by atoms with Gasteiger partial charge < -0.3 is 15.0 Å². The monoisotopic (exact) mass is 410 g/mol. The lowest BCUT2D eigenvalue weighted by molar-refractivity contribution is 0.0188. The van der Waals surface area contributed by atoms with Crippen LogP contribution in [-0.4, -0.2) is 57.3 Å². The Balaban J connectivity index is 1.71. The van der Waals surface area contributed by atoms with Crippen LogP contribution in [0.5, 0.6) is 0 Å². The van der Waals surface area contributed by atoms with Crippen molar-refractivity contribution < 1.29 is 9.13 Å². The van der Waals surface area contributed by atoms with Crippen LogP contribution in [0.15, 0.2) is 42.7 Å². The van der Waals surface area contributed by atoms with Crippen LogP contribution < -0.4 is 5.73 Å². The third-order valence-corrected chi connectivity index (χ3v) is 5.24. The van der Waals surface area contributed by atoms with E-state index in [-0.39, 0.29) is 17.2 Å². The molecule has 0 aliphatic carbocycles. The van der Waals surface area contributed by atoms with E-state index in [4.69, 9.17) is 10.5 Å². The number of halogens is 1. The van der Waals surface area contributed by atoms with Crippen molar-refractivity contribution in [3.8, 4) is 22.8 Å². The predicted molar refractivity (Wildman–Crippen MR) is 114 cm³/mol. The maximum atomic E-state index is 13.5. The zero-order valence-corrected chi connectivity index (χ0v) is 17.4. The number of rotatable bonds is 6. The van der Waals surface area contributed by atoms with Crippen molar-refractivity contribution in [1.82, 2.24) is 24.4 Å². The first-order valence-electron chi connectivity index (χ1n) is 10.1. The van der Waals surface area contributed by atoms with E-state index >= 15 is 0 Å². The quantitative estimate of drug-likeness (QED) is 0.673. The van der Waals surface area contributed by atoms with E-state index in [0.29, 0.717) is 5.69 Å². The summed E-state index contributed by atoms with van der Waals surface area (Å²) >= 11 is 0. The highest BCUT2D eigenvalue weighted by Crippen LogP contribution is 2.31. The number of nitrogen functional groups attached to an aromatic ring is 1. The first-order chi connectivity index (χ1) is 14.4. The Kier molecular flexibility index (Phi) is 5.78. The topological polar surface area (TPSA) is 82.1 Å². The van der Waals surface area contributed by atoms with E-state index in [1.807, 2.05) is 6.07 Å². The number of nitrogens with two attached hydrogens (primary N) is 1. The molecule has 30 heavy (non-hydrogen) atoms. The molecule has 0 unspecified atom stereocenters. The number of benzene rings is 1. The fourth-order valence-corrected chi connectivity index (χ4v) is 3.93. The summed E-state index contributed by atoms with van der Waals surface area (Å²) < 4.78 is 21.1. The van der Waals surface area contributed by atoms with E-state index in [0.717, 1.165) is 56.5 Å². The number of anilines is 1. The molecule has 2 aromatic heterocycles. The molecule has 0 radical (unpaired) electrons. The fourth-order valence-electron chi connectivity index (χ4n) is 3.93. The zero-order valence-electron chi connectivity index (χ0n) is 17.4. The average molecular weight is 410 g/mol. The minimum Gasteiger partial charge on any atom is -0.379 e. The first kappa shape index (κ1) is 20.4. The standard InChI is InChI=1S/C22H27FN6O/c1-22(2,14-28-9-11-30-12-10-28)15-29-19(18-7-8-25-21(24)27-18)13-26-20(29)16-3-5-17(23)6-4-16/h3-8,13H,9-12,14-15H2,1-2H3,(H2,24,25,27). The lowest BCUT2D eigenvalue weighted by Gasteiger charge is -2.35. The lowest BCUT2D eigenvalue weighted by atomic mass is 9.92. The zero-order chi connectivity index (χ0) is 21.1. The van der Waals surface area contributed by atoms with Crippen LogP contribution >= 0.6 is 0 Å². The van der Waals surface area contributed by atoms with Gasteiger partial charge in [-0.25, -0.2) is 19.3 Å². The molecule has 2 N–H and O–H groups in total. The second-order valence-electron chi connectivity index (χ2n) is 8.41. The summed E-state index contributed by atoms with van der Waals surface area (Å²) in [5, 5.41) is 0. The van der Waals surface area contributed by atoms with E-state index in [1.165, 1.54) is 12.1 Å². The Labute approximate surface area is 175 Å². The summed E-state index contributed by atoms with van der Waals surface area (Å²) in [4.78, 5) is 15.5. The smallest absolute Gasteiger partial charge is 0.220 e. The molecule has 4 rings (SSSR count). The van der Waals surface area contributed by atoms with Crippen molar-refractivity contribution in [3.05, 3.63) is 48.5 Å². The molecule has 1 aliphatic heterocycles. The van der Waals surface area contributed by atoms with Crippen molar-refractivity contribution in [2.45, 2.75) is 20.4 Å². The Bertz CT molecular complexity index is 995. The summed E-state index contributed by atoms with van der Waals surface area (Å²) in [6.45, 7) is 9.56. The highest BCUT2D eigenvalue weighted by Gasteiger charge is 2.27. The van der Waals surface area contributed by atoms with Crippen LogP contribution in [0.4, 0.5) is 10.3 Å². The number of hydrogen-bond donors (Lipinski definition) is 1. The van der Waals surface area contributed by atoms with Gasteiger partial charge in [0.05, 0.1) is 30.8 Å². The minimum atomic E-state index is -0.270. The molecule has 1 aliphatic rings. The molecular formula is C22H27FN6O. The largest absolute Gasteiger partial charge is 0.379 e. The SMILES string of the molecule is CC(C)(CN1CCOCC1)Cn1c(-c2ccnc(N)n2)cnc1-c1ccc(F)cc1. The Morgan fingerprint density at radius 1 is 1.07 bits per heavy atom. The van der Waals surface area contributed by atoms with Gasteiger partial charge in [0.1, 0.15) is 11.6 Å². The predicted octanol–water partition coefficient (Wildman–Crippen LogP) is 3.09. The number of ether oxygens (including phenoxy) is 1. The van der Waals surface area contributed by atoms with Gasteiger partial charge in [0.25, 0.3) is 0 Å². The number of morpholine rings is 1. The molecule has 7 nitrogen and oxygen atoms in total. The summed E-state index contributed by atoms with van der Waals surface area (Å²) in [7, 11) is 0. The highest BCUT2D eigenvalue weighted by atomic mass is 19.1. The molecule has 8 heteroatoms. The van der Waals surface area contributed by atoms with Crippen LogP contribution in [0.1, 0.15) is 13.8 Å². The molecule has 1 fully saturated rings. The third kappa shape index (κ3) is 4.66. The molecule has 158 valence electrons. The van der Waals surface area contributed by atoms with E-state index < -0.39 is 0 Å².